The van der Waals surface area contributed by atoms with E-state index < -0.39 is 0 Å². The number of hydrogen-bond acceptors (Lipinski definition) is 2. The summed E-state index contributed by atoms with van der Waals surface area (Å²) in [6.45, 7) is 2.77. The number of aromatic nitrogens is 2. The zero-order chi connectivity index (χ0) is 14.3. The number of aryl methyl sites for hydroxylation is 1. The molecule has 0 spiro atoms. The number of anilines is 1. The van der Waals surface area contributed by atoms with E-state index in [1.807, 2.05) is 29.7 Å². The number of nitrogens with zero attached hydrogens (tertiary/aromatic N) is 2. The van der Waals surface area contributed by atoms with Crippen LogP contribution in [0.5, 0.6) is 0 Å². The second-order valence-corrected chi connectivity index (χ2v) is 5.46. The molecule has 1 heterocycles. The van der Waals surface area contributed by atoms with Crippen molar-refractivity contribution in [1.82, 2.24) is 9.55 Å². The Balaban J connectivity index is 2.32. The Hall–Kier alpha value is -1.88. The van der Waals surface area contributed by atoms with Gasteiger partial charge in [-0.25, -0.2) is 9.37 Å². The van der Waals surface area contributed by atoms with Crippen LogP contribution in [0.4, 0.5) is 10.1 Å². The lowest BCUT2D eigenvalue weighted by Crippen LogP contribution is -2.00. The van der Waals surface area contributed by atoms with Gasteiger partial charge in [0.15, 0.2) is 0 Å². The average Bonchev–Trinajstić information content (AvgIpc) is 2.78. The highest BCUT2D eigenvalue weighted by atomic mass is 79.9. The van der Waals surface area contributed by atoms with Gasteiger partial charge in [-0.3, -0.25) is 0 Å². The lowest BCUT2D eigenvalue weighted by atomic mass is 10.1. The molecule has 1 aromatic heterocycles. The quantitative estimate of drug-likeness (QED) is 0.714. The average molecular weight is 334 g/mol. The fraction of sp³-hybridized carbons (Fsp3) is 0.133. The molecule has 0 radical (unpaired) electrons. The molecule has 0 unspecified atom stereocenters. The first-order chi connectivity index (χ1) is 9.60. The molecular weight excluding hydrogens is 321 g/mol. The Morgan fingerprint density at radius 1 is 1.25 bits per heavy atom. The summed E-state index contributed by atoms with van der Waals surface area (Å²) in [5, 5.41) is 0. The molecule has 0 aliphatic rings. The van der Waals surface area contributed by atoms with Crippen LogP contribution in [-0.2, 0) is 6.54 Å². The van der Waals surface area contributed by atoms with Crippen molar-refractivity contribution in [3.63, 3.8) is 0 Å². The number of imidazole rings is 1. The van der Waals surface area contributed by atoms with Crippen LogP contribution in [0.2, 0.25) is 0 Å². The summed E-state index contributed by atoms with van der Waals surface area (Å²) in [5.41, 5.74) is 8.99. The molecule has 3 rings (SSSR count). The van der Waals surface area contributed by atoms with Crippen molar-refractivity contribution in [1.29, 1.82) is 0 Å². The van der Waals surface area contributed by atoms with Crippen molar-refractivity contribution >= 4 is 32.7 Å². The minimum absolute atomic E-state index is 0.315. The van der Waals surface area contributed by atoms with Crippen molar-refractivity contribution in [3.8, 4) is 11.4 Å². The Kier molecular flexibility index (Phi) is 3.22. The maximum Gasteiger partial charge on any atom is 0.143 e. The molecule has 0 saturated carbocycles. The number of hydrogen-bond donors (Lipinski definition) is 1. The lowest BCUT2D eigenvalue weighted by Gasteiger charge is -2.08. The van der Waals surface area contributed by atoms with Gasteiger partial charge >= 0.3 is 0 Å². The molecular formula is C15H13BrFN3. The number of benzene rings is 2. The van der Waals surface area contributed by atoms with Crippen LogP contribution in [0.3, 0.4) is 0 Å². The summed E-state index contributed by atoms with van der Waals surface area (Å²) in [6.07, 6.45) is 0. The highest BCUT2D eigenvalue weighted by Crippen LogP contribution is 2.30. The Labute approximate surface area is 124 Å². The van der Waals surface area contributed by atoms with Crippen molar-refractivity contribution in [2.75, 3.05) is 5.73 Å². The fourth-order valence-electron chi connectivity index (χ4n) is 2.35. The molecule has 20 heavy (non-hydrogen) atoms. The van der Waals surface area contributed by atoms with Gasteiger partial charge in [-0.1, -0.05) is 15.9 Å². The normalized spacial score (nSPS) is 11.2. The van der Waals surface area contributed by atoms with Crippen molar-refractivity contribution in [2.24, 2.45) is 0 Å². The molecule has 102 valence electrons. The number of fused-ring (bicyclic) bond motifs is 1. The van der Waals surface area contributed by atoms with Gasteiger partial charge in [0.2, 0.25) is 0 Å². The van der Waals surface area contributed by atoms with E-state index in [0.717, 1.165) is 22.1 Å². The van der Waals surface area contributed by atoms with E-state index >= 15 is 0 Å². The number of nitrogens with two attached hydrogens (primary N) is 1. The van der Waals surface area contributed by atoms with Crippen LogP contribution in [-0.4, -0.2) is 9.55 Å². The van der Waals surface area contributed by atoms with E-state index in [1.165, 1.54) is 12.1 Å². The topological polar surface area (TPSA) is 43.8 Å². The third-order valence-corrected chi connectivity index (χ3v) is 3.78. The number of halogens is 2. The van der Waals surface area contributed by atoms with E-state index in [-0.39, 0.29) is 5.82 Å². The zero-order valence-electron chi connectivity index (χ0n) is 10.9. The Morgan fingerprint density at radius 2 is 2.05 bits per heavy atom. The molecule has 0 bridgehead atoms. The summed E-state index contributed by atoms with van der Waals surface area (Å²) < 4.78 is 16.5. The van der Waals surface area contributed by atoms with Gasteiger partial charge in [0.25, 0.3) is 0 Å². The van der Waals surface area contributed by atoms with Gasteiger partial charge in [0.1, 0.15) is 11.6 Å². The van der Waals surface area contributed by atoms with Crippen molar-refractivity contribution < 1.29 is 4.39 Å². The Morgan fingerprint density at radius 3 is 2.80 bits per heavy atom. The van der Waals surface area contributed by atoms with Crippen LogP contribution in [0, 0.1) is 5.82 Å². The van der Waals surface area contributed by atoms with E-state index in [2.05, 4.69) is 20.9 Å². The van der Waals surface area contributed by atoms with Gasteiger partial charge in [0, 0.05) is 22.3 Å². The standard InChI is InChI=1S/C15H13BrFN3/c1-2-20-14-6-3-9(16)7-13(14)19-15(20)11-8-10(17)4-5-12(11)18/h3-8H,2,18H2,1H3. The highest BCUT2D eigenvalue weighted by molar-refractivity contribution is 9.10. The third kappa shape index (κ3) is 2.08. The zero-order valence-corrected chi connectivity index (χ0v) is 12.5. The van der Waals surface area contributed by atoms with Gasteiger partial charge in [0.05, 0.1) is 11.0 Å². The molecule has 3 aromatic rings. The molecule has 0 atom stereocenters. The number of nitrogen functional groups attached to an aromatic ring is 1. The monoisotopic (exact) mass is 333 g/mol. The first-order valence-electron chi connectivity index (χ1n) is 6.31. The molecule has 3 nitrogen and oxygen atoms in total. The van der Waals surface area contributed by atoms with Crippen LogP contribution >= 0.6 is 15.9 Å². The van der Waals surface area contributed by atoms with Gasteiger partial charge < -0.3 is 10.3 Å². The third-order valence-electron chi connectivity index (χ3n) is 3.28. The second kappa shape index (κ2) is 4.90. The van der Waals surface area contributed by atoms with E-state index in [0.29, 0.717) is 17.1 Å². The summed E-state index contributed by atoms with van der Waals surface area (Å²) >= 11 is 3.44. The van der Waals surface area contributed by atoms with E-state index in [4.69, 9.17) is 5.73 Å². The highest BCUT2D eigenvalue weighted by Gasteiger charge is 2.14. The largest absolute Gasteiger partial charge is 0.398 e. The van der Waals surface area contributed by atoms with Crippen LogP contribution in [0.15, 0.2) is 40.9 Å². The molecule has 2 N–H and O–H groups in total. The molecule has 0 amide bonds. The van der Waals surface area contributed by atoms with Crippen LogP contribution in [0.25, 0.3) is 22.4 Å². The lowest BCUT2D eigenvalue weighted by molar-refractivity contribution is 0.628. The molecule has 0 aliphatic carbocycles. The minimum Gasteiger partial charge on any atom is -0.398 e. The SMILES string of the molecule is CCn1c(-c2cc(F)ccc2N)nc2cc(Br)ccc21. The minimum atomic E-state index is -0.315. The van der Waals surface area contributed by atoms with Gasteiger partial charge in [-0.05, 0) is 43.3 Å². The smallest absolute Gasteiger partial charge is 0.143 e. The van der Waals surface area contributed by atoms with Crippen LogP contribution in [0.1, 0.15) is 6.92 Å². The van der Waals surface area contributed by atoms with Gasteiger partial charge in [-0.15, -0.1) is 0 Å². The first kappa shape index (κ1) is 13.1. The molecule has 5 heteroatoms. The molecule has 0 saturated heterocycles. The predicted molar refractivity (Wildman–Crippen MR) is 82.9 cm³/mol. The summed E-state index contributed by atoms with van der Waals surface area (Å²) in [7, 11) is 0. The van der Waals surface area contributed by atoms with E-state index in [1.54, 1.807) is 6.07 Å². The van der Waals surface area contributed by atoms with Gasteiger partial charge in [-0.2, -0.15) is 0 Å². The maximum absolute atomic E-state index is 13.5. The summed E-state index contributed by atoms with van der Waals surface area (Å²) in [4.78, 5) is 4.60. The van der Waals surface area contributed by atoms with Crippen molar-refractivity contribution in [3.05, 3.63) is 46.7 Å². The first-order valence-corrected chi connectivity index (χ1v) is 7.10. The molecule has 0 aliphatic heterocycles. The molecule has 0 fully saturated rings. The van der Waals surface area contributed by atoms with Crippen LogP contribution < -0.4 is 5.73 Å². The maximum atomic E-state index is 13.5. The van der Waals surface area contributed by atoms with E-state index in [9.17, 15) is 4.39 Å². The summed E-state index contributed by atoms with van der Waals surface area (Å²) in [6, 6.07) is 10.3. The summed E-state index contributed by atoms with van der Waals surface area (Å²) in [5.74, 6) is 0.377. The number of rotatable bonds is 2. The Bertz CT molecular complexity index is 795. The molecule has 2 aromatic carbocycles. The predicted octanol–water partition coefficient (Wildman–Crippen LogP) is 4.21. The fourth-order valence-corrected chi connectivity index (χ4v) is 2.70. The van der Waals surface area contributed by atoms with Crippen molar-refractivity contribution in [2.45, 2.75) is 13.5 Å². The second-order valence-electron chi connectivity index (χ2n) is 4.54.